The summed E-state index contributed by atoms with van der Waals surface area (Å²) in [7, 11) is 2.18. The standard InChI is InChI=1S/C11H19N3/c1-8-7-9-4-6-14(2)10(3-5-12)11(9)13-8/h7,10,13H,3-6,12H2,1-2H3. The molecular weight excluding hydrogens is 174 g/mol. The molecule has 1 aliphatic heterocycles. The van der Waals surface area contributed by atoms with Gasteiger partial charge in [0, 0.05) is 17.9 Å². The first kappa shape index (κ1) is 9.74. The number of nitrogens with two attached hydrogens (primary N) is 1. The lowest BCUT2D eigenvalue weighted by Gasteiger charge is -2.32. The van der Waals surface area contributed by atoms with Crippen molar-refractivity contribution < 1.29 is 0 Å². The molecule has 0 bridgehead atoms. The van der Waals surface area contributed by atoms with Crippen LogP contribution in [0.4, 0.5) is 0 Å². The van der Waals surface area contributed by atoms with Gasteiger partial charge in [-0.3, -0.25) is 4.90 Å². The van der Waals surface area contributed by atoms with E-state index in [9.17, 15) is 0 Å². The molecule has 0 fully saturated rings. The predicted octanol–water partition coefficient (Wildman–Crippen LogP) is 1.20. The molecule has 0 spiro atoms. The molecule has 1 atom stereocenters. The number of aromatic amines is 1. The smallest absolute Gasteiger partial charge is 0.0510 e. The number of aromatic nitrogens is 1. The molecule has 0 radical (unpaired) electrons. The molecule has 1 aromatic heterocycles. The molecule has 0 saturated heterocycles. The van der Waals surface area contributed by atoms with E-state index in [0.29, 0.717) is 6.04 Å². The fourth-order valence-electron chi connectivity index (χ4n) is 2.37. The maximum atomic E-state index is 5.64. The Morgan fingerprint density at radius 1 is 1.64 bits per heavy atom. The second-order valence-corrected chi connectivity index (χ2v) is 4.22. The highest BCUT2D eigenvalue weighted by Crippen LogP contribution is 2.30. The van der Waals surface area contributed by atoms with Gasteiger partial charge in [0.25, 0.3) is 0 Å². The van der Waals surface area contributed by atoms with E-state index in [4.69, 9.17) is 5.73 Å². The quantitative estimate of drug-likeness (QED) is 0.741. The predicted molar refractivity (Wildman–Crippen MR) is 58.3 cm³/mol. The molecule has 1 aromatic rings. The Morgan fingerprint density at radius 2 is 2.43 bits per heavy atom. The summed E-state index contributed by atoms with van der Waals surface area (Å²) in [5.41, 5.74) is 9.79. The highest BCUT2D eigenvalue weighted by atomic mass is 15.1. The molecule has 0 aliphatic carbocycles. The maximum absolute atomic E-state index is 5.64. The fraction of sp³-hybridized carbons (Fsp3) is 0.636. The summed E-state index contributed by atoms with van der Waals surface area (Å²) in [6.07, 6.45) is 2.21. The van der Waals surface area contributed by atoms with E-state index in [2.05, 4.69) is 29.9 Å². The van der Waals surface area contributed by atoms with Crippen molar-refractivity contribution >= 4 is 0 Å². The lowest BCUT2D eigenvalue weighted by molar-refractivity contribution is 0.218. The van der Waals surface area contributed by atoms with Gasteiger partial charge in [0.05, 0.1) is 6.04 Å². The number of rotatable bonds is 2. The molecular formula is C11H19N3. The highest BCUT2D eigenvalue weighted by Gasteiger charge is 2.25. The topological polar surface area (TPSA) is 45.1 Å². The first-order chi connectivity index (χ1) is 6.72. The summed E-state index contributed by atoms with van der Waals surface area (Å²) in [4.78, 5) is 5.86. The second-order valence-electron chi connectivity index (χ2n) is 4.22. The molecule has 0 aromatic carbocycles. The minimum atomic E-state index is 0.498. The zero-order valence-corrected chi connectivity index (χ0v) is 9.01. The van der Waals surface area contributed by atoms with E-state index >= 15 is 0 Å². The van der Waals surface area contributed by atoms with E-state index in [0.717, 1.165) is 25.9 Å². The van der Waals surface area contributed by atoms with Gasteiger partial charge in [-0.2, -0.15) is 0 Å². The Bertz CT molecular complexity index is 316. The van der Waals surface area contributed by atoms with Crippen LogP contribution in [0.5, 0.6) is 0 Å². The van der Waals surface area contributed by atoms with Gasteiger partial charge in [0.15, 0.2) is 0 Å². The normalized spacial score (nSPS) is 22.4. The molecule has 3 N–H and O–H groups in total. The third-order valence-electron chi connectivity index (χ3n) is 3.11. The summed E-state index contributed by atoms with van der Waals surface area (Å²) in [5, 5.41) is 0. The number of nitrogens with one attached hydrogen (secondary N) is 1. The number of hydrogen-bond donors (Lipinski definition) is 2. The molecule has 14 heavy (non-hydrogen) atoms. The number of aryl methyl sites for hydroxylation is 1. The van der Waals surface area contributed by atoms with Crippen molar-refractivity contribution in [3.63, 3.8) is 0 Å². The summed E-state index contributed by atoms with van der Waals surface area (Å²) >= 11 is 0. The van der Waals surface area contributed by atoms with Crippen molar-refractivity contribution in [2.24, 2.45) is 5.73 Å². The van der Waals surface area contributed by atoms with E-state index in [-0.39, 0.29) is 0 Å². The van der Waals surface area contributed by atoms with Crippen LogP contribution in [0, 0.1) is 6.92 Å². The van der Waals surface area contributed by atoms with E-state index < -0.39 is 0 Å². The summed E-state index contributed by atoms with van der Waals surface area (Å²) < 4.78 is 0. The number of hydrogen-bond acceptors (Lipinski definition) is 2. The Hall–Kier alpha value is -0.800. The van der Waals surface area contributed by atoms with Gasteiger partial charge in [0.2, 0.25) is 0 Å². The van der Waals surface area contributed by atoms with Gasteiger partial charge >= 0.3 is 0 Å². The van der Waals surface area contributed by atoms with Gasteiger partial charge in [0.1, 0.15) is 0 Å². The van der Waals surface area contributed by atoms with Gasteiger partial charge in [-0.15, -0.1) is 0 Å². The second kappa shape index (κ2) is 3.75. The van der Waals surface area contributed by atoms with Crippen molar-refractivity contribution in [3.8, 4) is 0 Å². The third-order valence-corrected chi connectivity index (χ3v) is 3.11. The van der Waals surface area contributed by atoms with Crippen LogP contribution in [0.1, 0.15) is 29.4 Å². The third kappa shape index (κ3) is 1.57. The summed E-state index contributed by atoms with van der Waals surface area (Å²) in [6, 6.07) is 2.77. The van der Waals surface area contributed by atoms with Crippen LogP contribution in [0.25, 0.3) is 0 Å². The SMILES string of the molecule is Cc1cc2c([nH]1)C(CCN)N(C)CC2. The van der Waals surface area contributed by atoms with Crippen molar-refractivity contribution in [2.45, 2.75) is 25.8 Å². The van der Waals surface area contributed by atoms with Crippen LogP contribution in [0.2, 0.25) is 0 Å². The number of nitrogens with zero attached hydrogens (tertiary/aromatic N) is 1. The first-order valence-electron chi connectivity index (χ1n) is 5.31. The molecule has 1 unspecified atom stereocenters. The molecule has 1 aliphatic rings. The molecule has 0 amide bonds. The van der Waals surface area contributed by atoms with Crippen LogP contribution in [0.3, 0.4) is 0 Å². The van der Waals surface area contributed by atoms with Crippen molar-refractivity contribution in [3.05, 3.63) is 23.0 Å². The maximum Gasteiger partial charge on any atom is 0.0510 e. The molecule has 78 valence electrons. The first-order valence-corrected chi connectivity index (χ1v) is 5.31. The Kier molecular flexibility index (Phi) is 2.61. The van der Waals surface area contributed by atoms with Crippen molar-refractivity contribution in [2.75, 3.05) is 20.1 Å². The Labute approximate surface area is 85.3 Å². The average Bonchev–Trinajstić information content (AvgIpc) is 2.51. The molecule has 2 rings (SSSR count). The fourth-order valence-corrected chi connectivity index (χ4v) is 2.37. The number of fused-ring (bicyclic) bond motifs is 1. The van der Waals surface area contributed by atoms with Crippen molar-refractivity contribution in [1.82, 2.24) is 9.88 Å². The van der Waals surface area contributed by atoms with E-state index in [1.165, 1.54) is 17.0 Å². The number of likely N-dealkylation sites (N-methyl/N-ethyl adjacent to an activating group) is 1. The van der Waals surface area contributed by atoms with Crippen LogP contribution in [-0.4, -0.2) is 30.0 Å². The average molecular weight is 193 g/mol. The van der Waals surface area contributed by atoms with Gasteiger partial charge < -0.3 is 10.7 Å². The zero-order chi connectivity index (χ0) is 10.1. The molecule has 3 nitrogen and oxygen atoms in total. The monoisotopic (exact) mass is 193 g/mol. The van der Waals surface area contributed by atoms with Crippen LogP contribution in [0.15, 0.2) is 6.07 Å². The molecule has 2 heterocycles. The minimum absolute atomic E-state index is 0.498. The lowest BCUT2D eigenvalue weighted by atomic mass is 9.98. The Morgan fingerprint density at radius 3 is 3.14 bits per heavy atom. The molecule has 3 heteroatoms. The zero-order valence-electron chi connectivity index (χ0n) is 9.01. The van der Waals surface area contributed by atoms with E-state index in [1.54, 1.807) is 0 Å². The highest BCUT2D eigenvalue weighted by molar-refractivity contribution is 5.30. The number of H-pyrrole nitrogens is 1. The van der Waals surface area contributed by atoms with Crippen LogP contribution in [-0.2, 0) is 6.42 Å². The van der Waals surface area contributed by atoms with Gasteiger partial charge in [-0.25, -0.2) is 0 Å². The molecule has 0 saturated carbocycles. The Balaban J connectivity index is 2.30. The van der Waals surface area contributed by atoms with Crippen LogP contribution < -0.4 is 5.73 Å². The summed E-state index contributed by atoms with van der Waals surface area (Å²) in [5.74, 6) is 0. The van der Waals surface area contributed by atoms with Crippen molar-refractivity contribution in [1.29, 1.82) is 0 Å². The lowest BCUT2D eigenvalue weighted by Crippen LogP contribution is -2.33. The summed E-state index contributed by atoms with van der Waals surface area (Å²) in [6.45, 7) is 4.03. The minimum Gasteiger partial charge on any atom is -0.361 e. The van der Waals surface area contributed by atoms with E-state index in [1.807, 2.05) is 0 Å². The van der Waals surface area contributed by atoms with Crippen LogP contribution >= 0.6 is 0 Å². The van der Waals surface area contributed by atoms with Gasteiger partial charge in [-0.05, 0) is 45.0 Å². The largest absolute Gasteiger partial charge is 0.361 e. The van der Waals surface area contributed by atoms with Gasteiger partial charge in [-0.1, -0.05) is 0 Å².